The molecule has 1 fully saturated rings. The van der Waals surface area contributed by atoms with Crippen molar-refractivity contribution in [2.75, 3.05) is 18.4 Å². The topological polar surface area (TPSA) is 50.2 Å². The molecule has 1 amide bonds. The first kappa shape index (κ1) is 18.7. The van der Waals surface area contributed by atoms with Gasteiger partial charge in [0.15, 0.2) is 0 Å². The molecule has 0 bridgehead atoms. The fourth-order valence-corrected chi connectivity index (χ4v) is 3.96. The molecule has 5 heteroatoms. The normalized spacial score (nSPS) is 15.8. The fraction of sp³-hybridized carbons (Fsp3) is 0.391. The number of nitrogens with one attached hydrogen (secondary N) is 1. The quantitative estimate of drug-likeness (QED) is 0.733. The highest BCUT2D eigenvalue weighted by molar-refractivity contribution is 5.92. The number of hydrogen-bond acceptors (Lipinski definition) is 3. The summed E-state index contributed by atoms with van der Waals surface area (Å²) in [6, 6.07) is 16.4. The summed E-state index contributed by atoms with van der Waals surface area (Å²) in [6.45, 7) is 4.82. The summed E-state index contributed by atoms with van der Waals surface area (Å²) in [4.78, 5) is 19.8. The maximum atomic E-state index is 12.6. The van der Waals surface area contributed by atoms with E-state index in [0.29, 0.717) is 0 Å². The van der Waals surface area contributed by atoms with E-state index in [1.165, 1.54) is 11.1 Å². The molecule has 0 atom stereocenters. The van der Waals surface area contributed by atoms with E-state index in [-0.39, 0.29) is 11.8 Å². The average molecular weight is 377 g/mol. The number of nitrogens with zero attached hydrogens (tertiary/aromatic N) is 3. The first-order chi connectivity index (χ1) is 13.6. The lowest BCUT2D eigenvalue weighted by molar-refractivity contribution is -0.121. The molecular weight excluding hydrogens is 348 g/mol. The molecule has 5 nitrogen and oxygen atoms in total. The molecule has 4 rings (SSSR count). The number of carbonyl (C=O) groups excluding carboxylic acids is 1. The maximum absolute atomic E-state index is 12.6. The summed E-state index contributed by atoms with van der Waals surface area (Å²) in [5.74, 6) is 1.31. The summed E-state index contributed by atoms with van der Waals surface area (Å²) in [7, 11) is 2.08. The third-order valence-corrected chi connectivity index (χ3v) is 5.83. The third-order valence-electron chi connectivity index (χ3n) is 5.83. The van der Waals surface area contributed by atoms with Gasteiger partial charge in [-0.3, -0.25) is 9.69 Å². The van der Waals surface area contributed by atoms with Crippen molar-refractivity contribution in [1.82, 2.24) is 14.5 Å². The molecule has 1 N–H and O–H groups in total. The minimum Gasteiger partial charge on any atom is -0.330 e. The highest BCUT2D eigenvalue weighted by Crippen LogP contribution is 2.22. The summed E-state index contributed by atoms with van der Waals surface area (Å²) in [5.41, 5.74) is 4.39. The molecule has 3 aromatic rings. The lowest BCUT2D eigenvalue weighted by Crippen LogP contribution is -2.38. The molecule has 0 radical (unpaired) electrons. The number of rotatable bonds is 5. The number of anilines is 1. The Kier molecular flexibility index (Phi) is 5.44. The van der Waals surface area contributed by atoms with Gasteiger partial charge in [0.2, 0.25) is 5.91 Å². The largest absolute Gasteiger partial charge is 0.330 e. The number of amides is 1. The molecule has 1 aliphatic heterocycles. The van der Waals surface area contributed by atoms with Gasteiger partial charge in [0.05, 0.1) is 17.6 Å². The molecule has 1 saturated heterocycles. The second kappa shape index (κ2) is 8.15. The second-order valence-corrected chi connectivity index (χ2v) is 7.67. The van der Waals surface area contributed by atoms with Crippen LogP contribution in [0.5, 0.6) is 0 Å². The Balaban J connectivity index is 1.32. The van der Waals surface area contributed by atoms with Gasteiger partial charge in [-0.1, -0.05) is 31.2 Å². The van der Waals surface area contributed by atoms with Crippen LogP contribution >= 0.6 is 0 Å². The van der Waals surface area contributed by atoms with Gasteiger partial charge in [-0.25, -0.2) is 4.98 Å². The predicted molar refractivity (Wildman–Crippen MR) is 113 cm³/mol. The van der Waals surface area contributed by atoms with E-state index in [2.05, 4.69) is 53.0 Å². The lowest BCUT2D eigenvalue weighted by atomic mass is 9.95. The molecule has 146 valence electrons. The van der Waals surface area contributed by atoms with Gasteiger partial charge in [0.25, 0.3) is 0 Å². The van der Waals surface area contributed by atoms with E-state index in [0.717, 1.165) is 55.9 Å². The van der Waals surface area contributed by atoms with Crippen LogP contribution in [0.3, 0.4) is 0 Å². The molecule has 0 spiro atoms. The molecule has 0 aliphatic carbocycles. The number of imidazole rings is 1. The minimum atomic E-state index is 0.0857. The van der Waals surface area contributed by atoms with E-state index in [1.807, 2.05) is 24.3 Å². The van der Waals surface area contributed by atoms with Crippen LogP contribution in [0.2, 0.25) is 0 Å². The first-order valence-corrected chi connectivity index (χ1v) is 10.2. The zero-order chi connectivity index (χ0) is 19.5. The Hall–Kier alpha value is -2.66. The monoisotopic (exact) mass is 376 g/mol. The molecule has 1 aromatic heterocycles. The van der Waals surface area contributed by atoms with Crippen molar-refractivity contribution < 1.29 is 4.79 Å². The number of benzene rings is 2. The van der Waals surface area contributed by atoms with Crippen molar-refractivity contribution >= 4 is 22.6 Å². The Morgan fingerprint density at radius 3 is 2.50 bits per heavy atom. The lowest BCUT2D eigenvalue weighted by Gasteiger charge is -2.31. The van der Waals surface area contributed by atoms with Gasteiger partial charge in [0.1, 0.15) is 5.82 Å². The number of para-hydroxylation sites is 2. The Labute approximate surface area is 166 Å². The third kappa shape index (κ3) is 3.94. The molecule has 2 aromatic carbocycles. The highest BCUT2D eigenvalue weighted by Gasteiger charge is 2.25. The van der Waals surface area contributed by atoms with Gasteiger partial charge in [-0.2, -0.15) is 0 Å². The van der Waals surface area contributed by atoms with Crippen molar-refractivity contribution in [3.63, 3.8) is 0 Å². The van der Waals surface area contributed by atoms with Crippen LogP contribution in [-0.4, -0.2) is 33.4 Å². The van der Waals surface area contributed by atoms with Crippen molar-refractivity contribution in [3.8, 4) is 0 Å². The maximum Gasteiger partial charge on any atom is 0.227 e. The SMILES string of the molecule is CCc1ccc(NC(=O)C2CCN(Cc3nc4ccccc4n3C)CC2)cc1. The minimum absolute atomic E-state index is 0.0857. The number of carbonyl (C=O) groups is 1. The number of fused-ring (bicyclic) bond motifs is 1. The number of piperidine rings is 1. The van der Waals surface area contributed by atoms with Crippen LogP contribution in [0.25, 0.3) is 11.0 Å². The van der Waals surface area contributed by atoms with Crippen LogP contribution in [0.1, 0.15) is 31.2 Å². The van der Waals surface area contributed by atoms with E-state index in [1.54, 1.807) is 0 Å². The van der Waals surface area contributed by atoms with Gasteiger partial charge in [0, 0.05) is 18.7 Å². The van der Waals surface area contributed by atoms with Crippen LogP contribution in [-0.2, 0) is 24.8 Å². The zero-order valence-corrected chi connectivity index (χ0v) is 16.7. The van der Waals surface area contributed by atoms with Gasteiger partial charge >= 0.3 is 0 Å². The van der Waals surface area contributed by atoms with E-state index in [9.17, 15) is 4.79 Å². The summed E-state index contributed by atoms with van der Waals surface area (Å²) in [5, 5.41) is 3.08. The van der Waals surface area contributed by atoms with Crippen molar-refractivity contribution in [3.05, 3.63) is 59.9 Å². The fourth-order valence-electron chi connectivity index (χ4n) is 3.96. The predicted octanol–water partition coefficient (Wildman–Crippen LogP) is 3.99. The Morgan fingerprint density at radius 2 is 1.82 bits per heavy atom. The van der Waals surface area contributed by atoms with Crippen LogP contribution < -0.4 is 5.32 Å². The Bertz CT molecular complexity index is 952. The van der Waals surface area contributed by atoms with Crippen LogP contribution in [0.4, 0.5) is 5.69 Å². The highest BCUT2D eigenvalue weighted by atomic mass is 16.1. The van der Waals surface area contributed by atoms with Crippen molar-refractivity contribution in [1.29, 1.82) is 0 Å². The molecule has 0 saturated carbocycles. The molecule has 1 aliphatic rings. The molecule has 28 heavy (non-hydrogen) atoms. The van der Waals surface area contributed by atoms with Crippen LogP contribution in [0.15, 0.2) is 48.5 Å². The van der Waals surface area contributed by atoms with E-state index in [4.69, 9.17) is 4.98 Å². The molecule has 2 heterocycles. The standard InChI is InChI=1S/C23H28N4O/c1-3-17-8-10-19(11-9-17)24-23(28)18-12-14-27(15-13-18)16-22-25-20-6-4-5-7-21(20)26(22)2/h4-11,18H,3,12-16H2,1-2H3,(H,24,28). The van der Waals surface area contributed by atoms with E-state index < -0.39 is 0 Å². The van der Waals surface area contributed by atoms with E-state index >= 15 is 0 Å². The molecule has 0 unspecified atom stereocenters. The average Bonchev–Trinajstić information content (AvgIpc) is 3.05. The second-order valence-electron chi connectivity index (χ2n) is 7.67. The number of hydrogen-bond donors (Lipinski definition) is 1. The molecular formula is C23H28N4O. The number of aromatic nitrogens is 2. The number of aryl methyl sites for hydroxylation is 2. The van der Waals surface area contributed by atoms with Gasteiger partial charge in [-0.15, -0.1) is 0 Å². The Morgan fingerprint density at radius 1 is 1.11 bits per heavy atom. The first-order valence-electron chi connectivity index (χ1n) is 10.2. The van der Waals surface area contributed by atoms with Crippen molar-refractivity contribution in [2.45, 2.75) is 32.7 Å². The van der Waals surface area contributed by atoms with Crippen LogP contribution in [0, 0.1) is 5.92 Å². The smallest absolute Gasteiger partial charge is 0.227 e. The summed E-state index contributed by atoms with van der Waals surface area (Å²) >= 11 is 0. The van der Waals surface area contributed by atoms with Gasteiger partial charge < -0.3 is 9.88 Å². The number of likely N-dealkylation sites (tertiary alicyclic amines) is 1. The summed E-state index contributed by atoms with van der Waals surface area (Å²) in [6.07, 6.45) is 2.80. The van der Waals surface area contributed by atoms with Gasteiger partial charge in [-0.05, 0) is 62.2 Å². The summed E-state index contributed by atoms with van der Waals surface area (Å²) < 4.78 is 2.17. The zero-order valence-electron chi connectivity index (χ0n) is 16.7. The van der Waals surface area contributed by atoms with Crippen molar-refractivity contribution in [2.24, 2.45) is 13.0 Å².